The lowest BCUT2D eigenvalue weighted by atomic mass is 9.85. The third-order valence-electron chi connectivity index (χ3n) is 3.06. The highest BCUT2D eigenvalue weighted by molar-refractivity contribution is 6.31. The molecule has 0 aromatic heterocycles. The predicted octanol–water partition coefficient (Wildman–Crippen LogP) is 2.62. The molecule has 0 bridgehead atoms. The monoisotopic (exact) mass is 239 g/mol. The molecule has 0 fully saturated rings. The molecule has 0 spiro atoms. The number of carbonyl (C=O) groups is 1. The number of amides is 1. The molecule has 4 heteroatoms. The molecule has 2 rings (SSSR count). The first kappa shape index (κ1) is 11.4. The Kier molecular flexibility index (Phi) is 2.48. The normalized spacial score (nSPS) is 19.2. The number of hydrogen-bond acceptors (Lipinski definition) is 2. The fraction of sp³-hybridized carbons (Fsp3) is 0.417. The van der Waals surface area contributed by atoms with Gasteiger partial charge in [-0.2, -0.15) is 0 Å². The minimum Gasteiger partial charge on any atom is -0.389 e. The number of benzene rings is 1. The molecule has 1 aliphatic rings. The first-order valence-electron chi connectivity index (χ1n) is 5.17. The van der Waals surface area contributed by atoms with Crippen molar-refractivity contribution in [1.82, 2.24) is 0 Å². The Morgan fingerprint density at radius 1 is 1.44 bits per heavy atom. The van der Waals surface area contributed by atoms with Crippen LogP contribution in [0.2, 0.25) is 5.02 Å². The van der Waals surface area contributed by atoms with Crippen molar-refractivity contribution in [2.24, 2.45) is 0 Å². The van der Waals surface area contributed by atoms with Gasteiger partial charge < -0.3 is 10.4 Å². The number of aliphatic hydroxyl groups excluding tert-OH is 1. The van der Waals surface area contributed by atoms with Crippen LogP contribution in [-0.4, -0.2) is 11.0 Å². The molecule has 1 aromatic rings. The molecule has 0 aliphatic carbocycles. The Morgan fingerprint density at radius 2 is 2.06 bits per heavy atom. The molecule has 0 saturated heterocycles. The summed E-state index contributed by atoms with van der Waals surface area (Å²) < 4.78 is 0. The van der Waals surface area contributed by atoms with Crippen molar-refractivity contribution in [2.75, 3.05) is 5.32 Å². The van der Waals surface area contributed by atoms with Gasteiger partial charge in [-0.1, -0.05) is 11.6 Å². The molecule has 2 N–H and O–H groups in total. The summed E-state index contributed by atoms with van der Waals surface area (Å²) >= 11 is 6.00. The van der Waals surface area contributed by atoms with E-state index in [0.29, 0.717) is 16.3 Å². The second-order valence-electron chi connectivity index (χ2n) is 4.67. The topological polar surface area (TPSA) is 49.3 Å². The average molecular weight is 240 g/mol. The molecular formula is C12H14ClNO2. The smallest absolute Gasteiger partial charge is 0.234 e. The average Bonchev–Trinajstić information content (AvgIpc) is 2.39. The van der Waals surface area contributed by atoms with E-state index in [0.717, 1.165) is 5.56 Å². The SMILES string of the molecule is CC(O)c1cc(Cl)cc2c1NC(=O)C2(C)C. The summed E-state index contributed by atoms with van der Waals surface area (Å²) in [6.45, 7) is 5.34. The molecule has 16 heavy (non-hydrogen) atoms. The van der Waals surface area contributed by atoms with E-state index in [1.807, 2.05) is 13.8 Å². The summed E-state index contributed by atoms with van der Waals surface area (Å²) in [5.41, 5.74) is 1.63. The van der Waals surface area contributed by atoms with Crippen LogP contribution >= 0.6 is 11.6 Å². The largest absolute Gasteiger partial charge is 0.389 e. The van der Waals surface area contributed by atoms with Gasteiger partial charge in [-0.25, -0.2) is 0 Å². The van der Waals surface area contributed by atoms with Crippen molar-refractivity contribution in [3.63, 3.8) is 0 Å². The van der Waals surface area contributed by atoms with Gasteiger partial charge in [-0.3, -0.25) is 4.79 Å². The Hall–Kier alpha value is -1.06. The maximum atomic E-state index is 11.8. The second kappa shape index (κ2) is 3.47. The molecule has 86 valence electrons. The van der Waals surface area contributed by atoms with Crippen molar-refractivity contribution < 1.29 is 9.90 Å². The Morgan fingerprint density at radius 3 is 2.62 bits per heavy atom. The van der Waals surface area contributed by atoms with Crippen LogP contribution in [0.3, 0.4) is 0 Å². The third-order valence-corrected chi connectivity index (χ3v) is 3.28. The molecular weight excluding hydrogens is 226 g/mol. The van der Waals surface area contributed by atoms with Gasteiger partial charge in [0.15, 0.2) is 0 Å². The van der Waals surface area contributed by atoms with E-state index >= 15 is 0 Å². The fourth-order valence-electron chi connectivity index (χ4n) is 1.98. The van der Waals surface area contributed by atoms with Gasteiger partial charge >= 0.3 is 0 Å². The number of rotatable bonds is 1. The number of halogens is 1. The van der Waals surface area contributed by atoms with Gasteiger partial charge in [0.05, 0.1) is 17.2 Å². The summed E-state index contributed by atoms with van der Waals surface area (Å²) in [4.78, 5) is 11.8. The van der Waals surface area contributed by atoms with Gasteiger partial charge in [0.1, 0.15) is 0 Å². The quantitative estimate of drug-likeness (QED) is 0.792. The summed E-state index contributed by atoms with van der Waals surface area (Å²) in [5.74, 6) is -0.0633. The van der Waals surface area contributed by atoms with Crippen LogP contribution in [0.5, 0.6) is 0 Å². The van der Waals surface area contributed by atoms with Crippen molar-refractivity contribution in [2.45, 2.75) is 32.3 Å². The lowest BCUT2D eigenvalue weighted by Crippen LogP contribution is -2.26. The van der Waals surface area contributed by atoms with Gasteiger partial charge in [0, 0.05) is 10.6 Å². The van der Waals surface area contributed by atoms with E-state index in [4.69, 9.17) is 11.6 Å². The van der Waals surface area contributed by atoms with Crippen molar-refractivity contribution >= 4 is 23.2 Å². The molecule has 1 aromatic carbocycles. The maximum Gasteiger partial charge on any atom is 0.234 e. The van der Waals surface area contributed by atoms with Crippen LogP contribution in [0, 0.1) is 0 Å². The lowest BCUT2D eigenvalue weighted by Gasteiger charge is -2.16. The van der Waals surface area contributed by atoms with Crippen LogP contribution in [-0.2, 0) is 10.2 Å². The fourth-order valence-corrected chi connectivity index (χ4v) is 2.21. The number of fused-ring (bicyclic) bond motifs is 1. The molecule has 0 saturated carbocycles. The van der Waals surface area contributed by atoms with Crippen molar-refractivity contribution in [1.29, 1.82) is 0 Å². The van der Waals surface area contributed by atoms with Gasteiger partial charge in [-0.05, 0) is 38.5 Å². The van der Waals surface area contributed by atoms with Crippen molar-refractivity contribution in [3.8, 4) is 0 Å². The molecule has 0 radical (unpaired) electrons. The zero-order valence-corrected chi connectivity index (χ0v) is 10.2. The zero-order chi connectivity index (χ0) is 12.1. The maximum absolute atomic E-state index is 11.8. The Balaban J connectivity index is 2.70. The van der Waals surface area contributed by atoms with Gasteiger partial charge in [0.25, 0.3) is 0 Å². The van der Waals surface area contributed by atoms with Crippen LogP contribution < -0.4 is 5.32 Å². The highest BCUT2D eigenvalue weighted by Crippen LogP contribution is 2.42. The summed E-state index contributed by atoms with van der Waals surface area (Å²) in [7, 11) is 0. The van der Waals surface area contributed by atoms with Crippen LogP contribution in [0.15, 0.2) is 12.1 Å². The summed E-state index contributed by atoms with van der Waals surface area (Å²) in [6, 6.07) is 3.47. The summed E-state index contributed by atoms with van der Waals surface area (Å²) in [6.07, 6.45) is -0.651. The number of nitrogens with one attached hydrogen (secondary N) is 1. The van der Waals surface area contributed by atoms with E-state index in [-0.39, 0.29) is 5.91 Å². The molecule has 3 nitrogen and oxygen atoms in total. The molecule has 1 heterocycles. The predicted molar refractivity (Wildman–Crippen MR) is 63.7 cm³/mol. The number of carbonyl (C=O) groups excluding carboxylic acids is 1. The molecule has 1 amide bonds. The van der Waals surface area contributed by atoms with E-state index in [2.05, 4.69) is 5.32 Å². The Bertz CT molecular complexity index is 466. The van der Waals surface area contributed by atoms with Crippen molar-refractivity contribution in [3.05, 3.63) is 28.3 Å². The summed E-state index contributed by atoms with van der Waals surface area (Å²) in [5, 5.41) is 13.0. The molecule has 1 atom stereocenters. The minimum atomic E-state index is -0.651. The number of anilines is 1. The van der Waals surface area contributed by atoms with Gasteiger partial charge in [0.2, 0.25) is 5.91 Å². The van der Waals surface area contributed by atoms with E-state index in [9.17, 15) is 9.90 Å². The molecule has 1 aliphatic heterocycles. The number of aliphatic hydroxyl groups is 1. The minimum absolute atomic E-state index is 0.0633. The lowest BCUT2D eigenvalue weighted by molar-refractivity contribution is -0.119. The second-order valence-corrected chi connectivity index (χ2v) is 5.11. The molecule has 1 unspecified atom stereocenters. The standard InChI is InChI=1S/C12H14ClNO2/c1-6(15)8-4-7(13)5-9-10(8)14-11(16)12(9,2)3/h4-6,15H,1-3H3,(H,14,16). The number of hydrogen-bond donors (Lipinski definition) is 2. The van der Waals surface area contributed by atoms with E-state index in [1.165, 1.54) is 0 Å². The van der Waals surface area contributed by atoms with Crippen LogP contribution in [0.1, 0.15) is 38.0 Å². The Labute approximate surface area is 99.4 Å². The van der Waals surface area contributed by atoms with Crippen LogP contribution in [0.4, 0.5) is 5.69 Å². The highest BCUT2D eigenvalue weighted by Gasteiger charge is 2.40. The third kappa shape index (κ3) is 1.51. The van der Waals surface area contributed by atoms with E-state index in [1.54, 1.807) is 19.1 Å². The first-order valence-corrected chi connectivity index (χ1v) is 5.55. The van der Waals surface area contributed by atoms with Crippen LogP contribution in [0.25, 0.3) is 0 Å². The first-order chi connectivity index (χ1) is 7.34. The zero-order valence-electron chi connectivity index (χ0n) is 9.47. The van der Waals surface area contributed by atoms with E-state index < -0.39 is 11.5 Å². The van der Waals surface area contributed by atoms with Gasteiger partial charge in [-0.15, -0.1) is 0 Å². The highest BCUT2D eigenvalue weighted by atomic mass is 35.5.